The third-order valence-electron chi connectivity index (χ3n) is 3.79. The summed E-state index contributed by atoms with van der Waals surface area (Å²) in [6.45, 7) is 7.42. The maximum absolute atomic E-state index is 12.2. The van der Waals surface area contributed by atoms with Crippen molar-refractivity contribution in [2.45, 2.75) is 33.2 Å². The lowest BCUT2D eigenvalue weighted by Crippen LogP contribution is -2.45. The van der Waals surface area contributed by atoms with Gasteiger partial charge in [0.05, 0.1) is 5.56 Å². The SMILES string of the molecule is CC(C)CNC(=O)C(C)N1CCc2cc(C(=O)O)ccc21. The lowest BCUT2D eigenvalue weighted by atomic mass is 10.1. The summed E-state index contributed by atoms with van der Waals surface area (Å²) in [7, 11) is 0. The van der Waals surface area contributed by atoms with Gasteiger partial charge in [0, 0.05) is 18.8 Å². The van der Waals surface area contributed by atoms with Crippen LogP contribution in [-0.2, 0) is 11.2 Å². The number of anilines is 1. The predicted octanol–water partition coefficient (Wildman–Crippen LogP) is 1.91. The van der Waals surface area contributed by atoms with Crippen molar-refractivity contribution in [2.24, 2.45) is 5.92 Å². The molecule has 1 aromatic rings. The van der Waals surface area contributed by atoms with Crippen LogP contribution in [0.2, 0.25) is 0 Å². The minimum atomic E-state index is -0.918. The number of nitrogens with zero attached hydrogens (tertiary/aromatic N) is 1. The Morgan fingerprint density at radius 1 is 1.33 bits per heavy atom. The second-order valence-corrected chi connectivity index (χ2v) is 5.91. The molecule has 0 bridgehead atoms. The molecule has 5 heteroatoms. The molecule has 1 amide bonds. The third-order valence-corrected chi connectivity index (χ3v) is 3.79. The van der Waals surface area contributed by atoms with Crippen LogP contribution in [0.4, 0.5) is 5.69 Å². The molecule has 0 aliphatic carbocycles. The van der Waals surface area contributed by atoms with E-state index in [2.05, 4.69) is 19.2 Å². The minimum absolute atomic E-state index is 0.0128. The zero-order chi connectivity index (χ0) is 15.6. The fourth-order valence-corrected chi connectivity index (χ4v) is 2.56. The average Bonchev–Trinajstić information content (AvgIpc) is 2.86. The number of hydrogen-bond acceptors (Lipinski definition) is 3. The number of carbonyl (C=O) groups excluding carboxylic acids is 1. The first kappa shape index (κ1) is 15.4. The Morgan fingerprint density at radius 3 is 2.67 bits per heavy atom. The van der Waals surface area contributed by atoms with Gasteiger partial charge in [0.15, 0.2) is 0 Å². The van der Waals surface area contributed by atoms with E-state index >= 15 is 0 Å². The van der Waals surface area contributed by atoms with Crippen molar-refractivity contribution in [3.8, 4) is 0 Å². The number of rotatable bonds is 5. The van der Waals surface area contributed by atoms with E-state index in [1.807, 2.05) is 11.8 Å². The maximum Gasteiger partial charge on any atom is 0.335 e. The first-order chi connectivity index (χ1) is 9.90. The quantitative estimate of drug-likeness (QED) is 0.869. The van der Waals surface area contributed by atoms with Gasteiger partial charge in [0.25, 0.3) is 0 Å². The number of fused-ring (bicyclic) bond motifs is 1. The summed E-state index contributed by atoms with van der Waals surface area (Å²) < 4.78 is 0. The number of carbonyl (C=O) groups is 2. The minimum Gasteiger partial charge on any atom is -0.478 e. The van der Waals surface area contributed by atoms with Gasteiger partial charge in [-0.15, -0.1) is 0 Å². The molecule has 1 aromatic carbocycles. The van der Waals surface area contributed by atoms with Gasteiger partial charge in [-0.25, -0.2) is 4.79 Å². The molecule has 0 radical (unpaired) electrons. The first-order valence-corrected chi connectivity index (χ1v) is 7.30. The molecule has 5 nitrogen and oxygen atoms in total. The summed E-state index contributed by atoms with van der Waals surface area (Å²) in [5.74, 6) is -0.483. The smallest absolute Gasteiger partial charge is 0.335 e. The van der Waals surface area contributed by atoms with Gasteiger partial charge in [-0.2, -0.15) is 0 Å². The zero-order valence-electron chi connectivity index (χ0n) is 12.7. The van der Waals surface area contributed by atoms with Gasteiger partial charge in [-0.1, -0.05) is 13.8 Å². The molecule has 0 aromatic heterocycles. The molecule has 1 heterocycles. The van der Waals surface area contributed by atoms with Crippen LogP contribution in [0.3, 0.4) is 0 Å². The highest BCUT2D eigenvalue weighted by Gasteiger charge is 2.28. The van der Waals surface area contributed by atoms with Gasteiger partial charge in [-0.3, -0.25) is 4.79 Å². The molecule has 2 N–H and O–H groups in total. The van der Waals surface area contributed by atoms with E-state index in [9.17, 15) is 9.59 Å². The van der Waals surface area contributed by atoms with Crippen molar-refractivity contribution in [2.75, 3.05) is 18.0 Å². The first-order valence-electron chi connectivity index (χ1n) is 7.30. The number of amides is 1. The van der Waals surface area contributed by atoms with Crippen molar-refractivity contribution in [1.82, 2.24) is 5.32 Å². The molecule has 2 rings (SSSR count). The second kappa shape index (κ2) is 6.16. The van der Waals surface area contributed by atoms with Crippen LogP contribution in [-0.4, -0.2) is 36.1 Å². The molecule has 0 fully saturated rings. The molecule has 1 unspecified atom stereocenters. The topological polar surface area (TPSA) is 69.6 Å². The standard InChI is InChI=1S/C16H22N2O3/c1-10(2)9-17-15(19)11(3)18-7-6-12-8-13(16(20)21)4-5-14(12)18/h4-5,8,10-11H,6-7,9H2,1-3H3,(H,17,19)(H,20,21). The predicted molar refractivity (Wildman–Crippen MR) is 81.8 cm³/mol. The number of nitrogens with one attached hydrogen (secondary N) is 1. The van der Waals surface area contributed by atoms with Crippen LogP contribution in [0, 0.1) is 5.92 Å². The third kappa shape index (κ3) is 3.35. The molecule has 1 atom stereocenters. The van der Waals surface area contributed by atoms with Crippen LogP contribution in [0.5, 0.6) is 0 Å². The summed E-state index contributed by atoms with van der Waals surface area (Å²) in [5, 5.41) is 12.0. The number of carboxylic acids is 1. The van der Waals surface area contributed by atoms with Crippen LogP contribution in [0.1, 0.15) is 36.7 Å². The van der Waals surface area contributed by atoms with Crippen molar-refractivity contribution in [3.63, 3.8) is 0 Å². The molecule has 0 spiro atoms. The molecule has 0 saturated carbocycles. The monoisotopic (exact) mass is 290 g/mol. The Kier molecular flexibility index (Phi) is 4.50. The van der Waals surface area contributed by atoms with Crippen molar-refractivity contribution in [1.29, 1.82) is 0 Å². The lowest BCUT2D eigenvalue weighted by Gasteiger charge is -2.26. The Bertz CT molecular complexity index is 554. The van der Waals surface area contributed by atoms with Gasteiger partial charge < -0.3 is 15.3 Å². The van der Waals surface area contributed by atoms with E-state index < -0.39 is 5.97 Å². The van der Waals surface area contributed by atoms with E-state index in [1.165, 1.54) is 0 Å². The van der Waals surface area contributed by atoms with E-state index in [4.69, 9.17) is 5.11 Å². The summed E-state index contributed by atoms with van der Waals surface area (Å²) in [4.78, 5) is 25.2. The number of benzene rings is 1. The Balaban J connectivity index is 2.11. The molecule has 114 valence electrons. The van der Waals surface area contributed by atoms with E-state index in [-0.39, 0.29) is 11.9 Å². The molecule has 0 saturated heterocycles. The Labute approximate surface area is 125 Å². The summed E-state index contributed by atoms with van der Waals surface area (Å²) in [6.07, 6.45) is 0.776. The average molecular weight is 290 g/mol. The summed E-state index contributed by atoms with van der Waals surface area (Å²) in [6, 6.07) is 4.85. The molecule has 21 heavy (non-hydrogen) atoms. The lowest BCUT2D eigenvalue weighted by molar-refractivity contribution is -0.122. The highest BCUT2D eigenvalue weighted by Crippen LogP contribution is 2.30. The van der Waals surface area contributed by atoms with Crippen LogP contribution >= 0.6 is 0 Å². The molecule has 1 aliphatic heterocycles. The highest BCUT2D eigenvalue weighted by atomic mass is 16.4. The Hall–Kier alpha value is -2.04. The molecule has 1 aliphatic rings. The van der Waals surface area contributed by atoms with E-state index in [0.29, 0.717) is 18.0 Å². The highest BCUT2D eigenvalue weighted by molar-refractivity contribution is 5.90. The normalized spacial score (nSPS) is 15.0. The van der Waals surface area contributed by atoms with Gasteiger partial charge in [0.1, 0.15) is 6.04 Å². The largest absolute Gasteiger partial charge is 0.478 e. The summed E-state index contributed by atoms with van der Waals surface area (Å²) in [5.41, 5.74) is 2.26. The Morgan fingerprint density at radius 2 is 2.05 bits per heavy atom. The van der Waals surface area contributed by atoms with Gasteiger partial charge in [-0.05, 0) is 43.0 Å². The molecular formula is C16H22N2O3. The number of aromatic carboxylic acids is 1. The van der Waals surface area contributed by atoms with Gasteiger partial charge in [0.2, 0.25) is 5.91 Å². The maximum atomic E-state index is 12.2. The zero-order valence-corrected chi connectivity index (χ0v) is 12.7. The van der Waals surface area contributed by atoms with Gasteiger partial charge >= 0.3 is 5.97 Å². The van der Waals surface area contributed by atoms with Crippen molar-refractivity contribution in [3.05, 3.63) is 29.3 Å². The fraction of sp³-hybridized carbons (Fsp3) is 0.500. The number of carboxylic acid groups (broad SMARTS) is 1. The molecular weight excluding hydrogens is 268 g/mol. The van der Waals surface area contributed by atoms with Crippen LogP contribution in [0.15, 0.2) is 18.2 Å². The van der Waals surface area contributed by atoms with Crippen molar-refractivity contribution >= 4 is 17.6 Å². The van der Waals surface area contributed by atoms with Crippen LogP contribution in [0.25, 0.3) is 0 Å². The summed E-state index contributed by atoms with van der Waals surface area (Å²) >= 11 is 0. The van der Waals surface area contributed by atoms with Crippen molar-refractivity contribution < 1.29 is 14.7 Å². The second-order valence-electron chi connectivity index (χ2n) is 5.91. The number of hydrogen-bond donors (Lipinski definition) is 2. The fourth-order valence-electron chi connectivity index (χ4n) is 2.56. The van der Waals surface area contributed by atoms with E-state index in [0.717, 1.165) is 24.2 Å². The van der Waals surface area contributed by atoms with E-state index in [1.54, 1.807) is 18.2 Å². The van der Waals surface area contributed by atoms with Crippen LogP contribution < -0.4 is 10.2 Å².